The summed E-state index contributed by atoms with van der Waals surface area (Å²) in [5, 5.41) is 0. The topological polar surface area (TPSA) is 54.9 Å². The fourth-order valence-corrected chi connectivity index (χ4v) is 3.32. The minimum atomic E-state index is 0.0737. The number of nitrogens with zero attached hydrogens (tertiary/aromatic N) is 3. The summed E-state index contributed by atoms with van der Waals surface area (Å²) in [6.45, 7) is 1.91. The number of morpholine rings is 1. The lowest BCUT2D eigenvalue weighted by molar-refractivity contribution is -0.0421. The Bertz CT molecular complexity index is 509. The Balaban J connectivity index is 1.58. The average molecular weight is 305 g/mol. The van der Waals surface area contributed by atoms with Gasteiger partial charge in [-0.25, -0.2) is 9.78 Å². The molecule has 1 saturated heterocycles. The normalized spacial score (nSPS) is 27.4. The minimum Gasteiger partial charge on any atom is -0.477 e. The van der Waals surface area contributed by atoms with E-state index in [1.54, 1.807) is 25.2 Å². The van der Waals surface area contributed by atoms with E-state index in [9.17, 15) is 4.79 Å². The third kappa shape index (κ3) is 3.16. The highest BCUT2D eigenvalue weighted by Crippen LogP contribution is 2.34. The quantitative estimate of drug-likeness (QED) is 0.851. The van der Waals surface area contributed by atoms with Crippen molar-refractivity contribution in [3.05, 3.63) is 24.4 Å². The zero-order valence-corrected chi connectivity index (χ0v) is 13.1. The predicted molar refractivity (Wildman–Crippen MR) is 81.8 cm³/mol. The zero-order chi connectivity index (χ0) is 15.5. The molecule has 1 saturated carbocycles. The van der Waals surface area contributed by atoms with E-state index >= 15 is 0 Å². The lowest BCUT2D eigenvalue weighted by Gasteiger charge is -2.38. The molecular formula is C16H23N3O3. The van der Waals surface area contributed by atoms with Crippen LogP contribution in [0.4, 0.5) is 4.79 Å². The van der Waals surface area contributed by atoms with E-state index in [1.165, 1.54) is 0 Å². The van der Waals surface area contributed by atoms with Crippen molar-refractivity contribution < 1.29 is 14.3 Å². The summed E-state index contributed by atoms with van der Waals surface area (Å²) in [5.74, 6) is 1.05. The van der Waals surface area contributed by atoms with Crippen LogP contribution >= 0.6 is 0 Å². The zero-order valence-electron chi connectivity index (χ0n) is 13.1. The van der Waals surface area contributed by atoms with Crippen molar-refractivity contribution in [2.45, 2.75) is 25.0 Å². The van der Waals surface area contributed by atoms with E-state index in [0.29, 0.717) is 31.6 Å². The second kappa shape index (κ2) is 6.52. The van der Waals surface area contributed by atoms with Gasteiger partial charge in [0, 0.05) is 32.9 Å². The molecular weight excluding hydrogens is 282 g/mol. The fraction of sp³-hybridized carbons (Fsp3) is 0.625. The Kier molecular flexibility index (Phi) is 4.47. The Morgan fingerprint density at radius 1 is 1.45 bits per heavy atom. The van der Waals surface area contributed by atoms with E-state index in [1.807, 2.05) is 23.1 Å². The largest absolute Gasteiger partial charge is 0.477 e. The maximum atomic E-state index is 12.3. The molecule has 1 aromatic rings. The second-order valence-electron chi connectivity index (χ2n) is 6.16. The molecule has 1 aromatic heterocycles. The number of amides is 2. The summed E-state index contributed by atoms with van der Waals surface area (Å²) in [6.07, 6.45) is 3.73. The van der Waals surface area contributed by atoms with Gasteiger partial charge in [-0.05, 0) is 24.8 Å². The lowest BCUT2D eigenvalue weighted by atomic mass is 10.1. The molecule has 3 atom stereocenters. The first-order valence-electron chi connectivity index (χ1n) is 7.78. The number of pyridine rings is 1. The third-order valence-corrected chi connectivity index (χ3v) is 4.37. The summed E-state index contributed by atoms with van der Waals surface area (Å²) in [7, 11) is 3.59. The highest BCUT2D eigenvalue weighted by molar-refractivity contribution is 5.74. The molecule has 2 aliphatic rings. The number of carbonyl (C=O) groups is 1. The summed E-state index contributed by atoms with van der Waals surface area (Å²) in [4.78, 5) is 20.0. The molecule has 0 spiro atoms. The number of carbonyl (C=O) groups excluding carboxylic acids is 1. The van der Waals surface area contributed by atoms with Crippen LogP contribution in [0.15, 0.2) is 24.4 Å². The van der Waals surface area contributed by atoms with E-state index in [0.717, 1.165) is 12.8 Å². The van der Waals surface area contributed by atoms with E-state index in [2.05, 4.69) is 4.98 Å². The number of ether oxygens (including phenoxy) is 2. The fourth-order valence-electron chi connectivity index (χ4n) is 3.32. The number of fused-ring (bicyclic) bond motifs is 1. The molecule has 2 heterocycles. The average Bonchev–Trinajstić information content (AvgIpc) is 2.96. The van der Waals surface area contributed by atoms with Crippen molar-refractivity contribution >= 4 is 6.03 Å². The molecule has 0 unspecified atom stereocenters. The molecule has 22 heavy (non-hydrogen) atoms. The Labute approximate surface area is 131 Å². The van der Waals surface area contributed by atoms with Gasteiger partial charge in [0.1, 0.15) is 0 Å². The van der Waals surface area contributed by atoms with Gasteiger partial charge in [-0.15, -0.1) is 0 Å². The van der Waals surface area contributed by atoms with Crippen molar-refractivity contribution in [2.24, 2.45) is 5.92 Å². The van der Waals surface area contributed by atoms with Gasteiger partial charge in [-0.1, -0.05) is 6.07 Å². The maximum Gasteiger partial charge on any atom is 0.319 e. The van der Waals surface area contributed by atoms with Crippen molar-refractivity contribution in [1.29, 1.82) is 0 Å². The molecule has 6 nitrogen and oxygen atoms in total. The smallest absolute Gasteiger partial charge is 0.319 e. The summed E-state index contributed by atoms with van der Waals surface area (Å²) in [5.41, 5.74) is 0. The second-order valence-corrected chi connectivity index (χ2v) is 6.16. The molecule has 0 N–H and O–H groups in total. The number of aromatic nitrogens is 1. The molecule has 0 radical (unpaired) electrons. The van der Waals surface area contributed by atoms with Crippen LogP contribution in [0.3, 0.4) is 0 Å². The molecule has 120 valence electrons. The van der Waals surface area contributed by atoms with Gasteiger partial charge in [0.25, 0.3) is 0 Å². The first-order valence-corrected chi connectivity index (χ1v) is 7.78. The van der Waals surface area contributed by atoms with Crippen LogP contribution in [0.1, 0.15) is 12.8 Å². The van der Waals surface area contributed by atoms with Gasteiger partial charge in [0.2, 0.25) is 5.88 Å². The van der Waals surface area contributed by atoms with Crippen LogP contribution in [0.5, 0.6) is 5.88 Å². The summed E-state index contributed by atoms with van der Waals surface area (Å²) >= 11 is 0. The molecule has 1 aliphatic heterocycles. The molecule has 6 heteroatoms. The van der Waals surface area contributed by atoms with E-state index in [-0.39, 0.29) is 18.2 Å². The first kappa shape index (κ1) is 15.1. The monoisotopic (exact) mass is 305 g/mol. The Morgan fingerprint density at radius 3 is 3.05 bits per heavy atom. The van der Waals surface area contributed by atoms with E-state index in [4.69, 9.17) is 9.47 Å². The van der Waals surface area contributed by atoms with Crippen molar-refractivity contribution in [2.75, 3.05) is 33.9 Å². The molecule has 2 fully saturated rings. The van der Waals surface area contributed by atoms with Crippen LogP contribution < -0.4 is 4.74 Å². The van der Waals surface area contributed by atoms with Gasteiger partial charge >= 0.3 is 6.03 Å². The lowest BCUT2D eigenvalue weighted by Crippen LogP contribution is -2.54. The number of rotatable bonds is 3. The van der Waals surface area contributed by atoms with Crippen LogP contribution in [-0.2, 0) is 4.74 Å². The van der Waals surface area contributed by atoms with Gasteiger partial charge in [0.15, 0.2) is 0 Å². The molecule has 3 rings (SSSR count). The minimum absolute atomic E-state index is 0.0737. The van der Waals surface area contributed by atoms with Gasteiger partial charge in [0.05, 0.1) is 25.4 Å². The standard InChI is InChI=1S/C16H23N3O3/c1-18(2)16(20)19-7-8-21-14-10-12(9-13(14)19)11-22-15-5-3-4-6-17-15/h3-6,12-14H,7-11H2,1-2H3/t12-,13-,14+/m0/s1. The summed E-state index contributed by atoms with van der Waals surface area (Å²) in [6, 6.07) is 5.89. The highest BCUT2D eigenvalue weighted by Gasteiger charge is 2.43. The molecule has 2 amide bonds. The molecule has 1 aliphatic carbocycles. The number of hydrogen-bond acceptors (Lipinski definition) is 4. The van der Waals surface area contributed by atoms with Gasteiger partial charge in [-0.2, -0.15) is 0 Å². The first-order chi connectivity index (χ1) is 10.6. The SMILES string of the molecule is CN(C)C(=O)N1CCO[C@@H]2C[C@@H](COc3ccccn3)C[C@@H]21. The van der Waals surface area contributed by atoms with Gasteiger partial charge in [-0.3, -0.25) is 0 Å². The maximum absolute atomic E-state index is 12.3. The number of urea groups is 1. The highest BCUT2D eigenvalue weighted by atomic mass is 16.5. The van der Waals surface area contributed by atoms with Crippen LogP contribution in [-0.4, -0.2) is 66.8 Å². The Morgan fingerprint density at radius 2 is 2.32 bits per heavy atom. The molecule has 0 bridgehead atoms. The number of hydrogen-bond donors (Lipinski definition) is 0. The van der Waals surface area contributed by atoms with Crippen molar-refractivity contribution in [1.82, 2.24) is 14.8 Å². The van der Waals surface area contributed by atoms with Crippen molar-refractivity contribution in [3.8, 4) is 5.88 Å². The van der Waals surface area contributed by atoms with Crippen molar-refractivity contribution in [3.63, 3.8) is 0 Å². The van der Waals surface area contributed by atoms with Crippen LogP contribution in [0.25, 0.3) is 0 Å². The van der Waals surface area contributed by atoms with Crippen LogP contribution in [0, 0.1) is 5.92 Å². The van der Waals surface area contributed by atoms with Gasteiger partial charge < -0.3 is 19.3 Å². The third-order valence-electron chi connectivity index (χ3n) is 4.37. The predicted octanol–water partition coefficient (Wildman–Crippen LogP) is 1.62. The summed E-state index contributed by atoms with van der Waals surface area (Å²) < 4.78 is 11.6. The van der Waals surface area contributed by atoms with Crippen LogP contribution in [0.2, 0.25) is 0 Å². The Hall–Kier alpha value is -1.82. The van der Waals surface area contributed by atoms with E-state index < -0.39 is 0 Å². The molecule has 0 aromatic carbocycles.